The van der Waals surface area contributed by atoms with Gasteiger partial charge < -0.3 is 14.9 Å². The fourth-order valence-corrected chi connectivity index (χ4v) is 2.27. The Morgan fingerprint density at radius 2 is 2.07 bits per heavy atom. The summed E-state index contributed by atoms with van der Waals surface area (Å²) in [5, 5.41) is 18.8. The summed E-state index contributed by atoms with van der Waals surface area (Å²) in [5.74, 6) is 0. The molecule has 2 heterocycles. The molecule has 2 rings (SSSR count). The van der Waals surface area contributed by atoms with E-state index < -0.39 is 5.60 Å². The van der Waals surface area contributed by atoms with Gasteiger partial charge in [-0.25, -0.2) is 0 Å². The highest BCUT2D eigenvalue weighted by atomic mass is 16.5. The summed E-state index contributed by atoms with van der Waals surface area (Å²) in [7, 11) is 0. The molecule has 1 atom stereocenters. The highest BCUT2D eigenvalue weighted by molar-refractivity contribution is 4.88. The van der Waals surface area contributed by atoms with E-state index in [1.54, 1.807) is 0 Å². The Labute approximate surface area is 84.5 Å². The Hall–Kier alpha value is -0.160. The Balaban J connectivity index is 1.83. The van der Waals surface area contributed by atoms with E-state index in [9.17, 15) is 5.11 Å². The van der Waals surface area contributed by atoms with Gasteiger partial charge in [0.15, 0.2) is 0 Å². The smallest absolute Gasteiger partial charge is 0.0901 e. The number of ether oxygens (including phenoxy) is 1. The predicted molar refractivity (Wildman–Crippen MR) is 52.1 cm³/mol. The highest BCUT2D eigenvalue weighted by Crippen LogP contribution is 2.24. The first kappa shape index (κ1) is 10.4. The number of likely N-dealkylation sites (tertiary alicyclic amines) is 1. The molecule has 4 heteroatoms. The van der Waals surface area contributed by atoms with Crippen molar-refractivity contribution in [1.82, 2.24) is 4.90 Å². The van der Waals surface area contributed by atoms with E-state index in [-0.39, 0.29) is 6.61 Å². The molecule has 0 aromatic rings. The van der Waals surface area contributed by atoms with Gasteiger partial charge in [-0.1, -0.05) is 0 Å². The Morgan fingerprint density at radius 3 is 2.57 bits per heavy atom. The lowest BCUT2D eigenvalue weighted by Crippen LogP contribution is -2.50. The number of aliphatic hydroxyl groups is 2. The molecule has 0 aliphatic carbocycles. The molecule has 14 heavy (non-hydrogen) atoms. The molecule has 0 amide bonds. The predicted octanol–water partition coefficient (Wildman–Crippen LogP) is -0.406. The first-order valence-corrected chi connectivity index (χ1v) is 5.38. The highest BCUT2D eigenvalue weighted by Gasteiger charge is 2.34. The van der Waals surface area contributed by atoms with E-state index in [0.717, 1.165) is 32.7 Å². The third kappa shape index (κ3) is 2.08. The number of piperidine rings is 1. The number of aliphatic hydroxyl groups excluding tert-OH is 1. The van der Waals surface area contributed by atoms with Crippen molar-refractivity contribution in [3.63, 3.8) is 0 Å². The van der Waals surface area contributed by atoms with Crippen molar-refractivity contribution in [3.05, 3.63) is 0 Å². The Bertz CT molecular complexity index is 184. The average Bonchev–Trinajstić information content (AvgIpc) is 2.72. The van der Waals surface area contributed by atoms with E-state index in [0.29, 0.717) is 18.9 Å². The molecule has 2 fully saturated rings. The van der Waals surface area contributed by atoms with Crippen LogP contribution in [0.25, 0.3) is 0 Å². The maximum absolute atomic E-state index is 9.83. The monoisotopic (exact) mass is 201 g/mol. The number of rotatable bonds is 2. The maximum atomic E-state index is 9.83. The topological polar surface area (TPSA) is 52.9 Å². The van der Waals surface area contributed by atoms with E-state index >= 15 is 0 Å². The van der Waals surface area contributed by atoms with Gasteiger partial charge in [-0.2, -0.15) is 0 Å². The van der Waals surface area contributed by atoms with Gasteiger partial charge in [-0.3, -0.25) is 4.90 Å². The first-order valence-electron chi connectivity index (χ1n) is 5.38. The summed E-state index contributed by atoms with van der Waals surface area (Å²) >= 11 is 0. The van der Waals surface area contributed by atoms with Gasteiger partial charge in [0.2, 0.25) is 0 Å². The summed E-state index contributed by atoms with van der Waals surface area (Å²) in [6.45, 7) is 3.35. The van der Waals surface area contributed by atoms with Gasteiger partial charge in [0, 0.05) is 25.7 Å². The fourth-order valence-electron chi connectivity index (χ4n) is 2.27. The second-order valence-corrected chi connectivity index (χ2v) is 4.44. The normalized spacial score (nSPS) is 33.4. The van der Waals surface area contributed by atoms with Crippen molar-refractivity contribution in [1.29, 1.82) is 0 Å². The minimum absolute atomic E-state index is 0.109. The minimum Gasteiger partial charge on any atom is -0.393 e. The van der Waals surface area contributed by atoms with Crippen molar-refractivity contribution in [2.75, 3.05) is 32.9 Å². The molecule has 2 N–H and O–H groups in total. The van der Waals surface area contributed by atoms with Crippen molar-refractivity contribution in [2.24, 2.45) is 0 Å². The molecule has 0 bridgehead atoms. The summed E-state index contributed by atoms with van der Waals surface area (Å²) in [4.78, 5) is 2.37. The molecule has 0 aromatic carbocycles. The lowest BCUT2D eigenvalue weighted by molar-refractivity contribution is -0.0661. The Morgan fingerprint density at radius 1 is 1.36 bits per heavy atom. The summed E-state index contributed by atoms with van der Waals surface area (Å²) in [6, 6.07) is 0.540. The molecular weight excluding hydrogens is 182 g/mol. The van der Waals surface area contributed by atoms with Gasteiger partial charge in [0.05, 0.1) is 18.8 Å². The summed E-state index contributed by atoms with van der Waals surface area (Å²) in [6.07, 6.45) is 2.47. The van der Waals surface area contributed by atoms with Gasteiger partial charge in [0.25, 0.3) is 0 Å². The molecule has 2 aliphatic rings. The number of hydrogen-bond donors (Lipinski definition) is 2. The van der Waals surface area contributed by atoms with E-state index in [1.165, 1.54) is 0 Å². The van der Waals surface area contributed by atoms with Crippen LogP contribution in [0.1, 0.15) is 19.3 Å². The molecule has 82 valence electrons. The molecule has 0 spiro atoms. The van der Waals surface area contributed by atoms with Crippen LogP contribution >= 0.6 is 0 Å². The zero-order chi connectivity index (χ0) is 10.0. The van der Waals surface area contributed by atoms with Crippen LogP contribution in [-0.2, 0) is 4.74 Å². The average molecular weight is 201 g/mol. The van der Waals surface area contributed by atoms with Crippen LogP contribution < -0.4 is 0 Å². The van der Waals surface area contributed by atoms with Crippen LogP contribution in [-0.4, -0.2) is 59.7 Å². The molecule has 2 aliphatic heterocycles. The third-order valence-corrected chi connectivity index (χ3v) is 3.45. The van der Waals surface area contributed by atoms with Gasteiger partial charge in [0.1, 0.15) is 0 Å². The van der Waals surface area contributed by atoms with E-state index in [4.69, 9.17) is 9.84 Å². The minimum atomic E-state index is -0.823. The van der Waals surface area contributed by atoms with Crippen LogP contribution in [0.5, 0.6) is 0 Å². The van der Waals surface area contributed by atoms with Crippen molar-refractivity contribution in [2.45, 2.75) is 30.9 Å². The van der Waals surface area contributed by atoms with Crippen molar-refractivity contribution < 1.29 is 14.9 Å². The second kappa shape index (κ2) is 4.14. The molecular formula is C10H19NO3. The lowest BCUT2D eigenvalue weighted by Gasteiger charge is -2.39. The molecule has 2 saturated heterocycles. The number of nitrogens with zero attached hydrogens (tertiary/aromatic N) is 1. The van der Waals surface area contributed by atoms with Crippen LogP contribution in [0.4, 0.5) is 0 Å². The molecule has 0 saturated carbocycles. The third-order valence-electron chi connectivity index (χ3n) is 3.45. The van der Waals surface area contributed by atoms with Crippen LogP contribution in [0.3, 0.4) is 0 Å². The largest absolute Gasteiger partial charge is 0.393 e. The lowest BCUT2D eigenvalue weighted by atomic mass is 9.91. The molecule has 0 radical (unpaired) electrons. The molecule has 4 nitrogen and oxygen atoms in total. The zero-order valence-electron chi connectivity index (χ0n) is 8.48. The van der Waals surface area contributed by atoms with Gasteiger partial charge in [-0.15, -0.1) is 0 Å². The van der Waals surface area contributed by atoms with Crippen molar-refractivity contribution in [3.8, 4) is 0 Å². The van der Waals surface area contributed by atoms with Gasteiger partial charge >= 0.3 is 0 Å². The molecule has 1 unspecified atom stereocenters. The maximum Gasteiger partial charge on any atom is 0.0901 e. The van der Waals surface area contributed by atoms with E-state index in [2.05, 4.69) is 4.90 Å². The summed E-state index contributed by atoms with van der Waals surface area (Å²) < 4.78 is 5.34. The quantitative estimate of drug-likeness (QED) is 0.638. The van der Waals surface area contributed by atoms with Crippen LogP contribution in [0.15, 0.2) is 0 Å². The van der Waals surface area contributed by atoms with Crippen LogP contribution in [0.2, 0.25) is 0 Å². The van der Waals surface area contributed by atoms with Crippen LogP contribution in [0, 0.1) is 0 Å². The SMILES string of the molecule is OCC1(O)CCN(C2CCOC2)CC1. The zero-order valence-corrected chi connectivity index (χ0v) is 8.48. The second-order valence-electron chi connectivity index (χ2n) is 4.44. The van der Waals surface area contributed by atoms with E-state index in [1.807, 2.05) is 0 Å². The Kier molecular flexibility index (Phi) is 3.07. The first-order chi connectivity index (χ1) is 6.73. The fraction of sp³-hybridized carbons (Fsp3) is 1.00. The molecule has 0 aromatic heterocycles. The number of hydrogen-bond acceptors (Lipinski definition) is 4. The summed E-state index contributed by atoms with van der Waals surface area (Å²) in [5.41, 5.74) is -0.823. The van der Waals surface area contributed by atoms with Gasteiger partial charge in [-0.05, 0) is 19.3 Å². The van der Waals surface area contributed by atoms with Crippen molar-refractivity contribution >= 4 is 0 Å². The standard InChI is InChI=1S/C10H19NO3/c12-8-10(13)2-4-11(5-3-10)9-1-6-14-7-9/h9,12-13H,1-8H2.